The minimum absolute atomic E-state index is 0.169. The summed E-state index contributed by atoms with van der Waals surface area (Å²) in [6, 6.07) is 11.1. The monoisotopic (exact) mass is 362 g/mol. The zero-order valence-corrected chi connectivity index (χ0v) is 14.5. The van der Waals surface area contributed by atoms with Gasteiger partial charge in [-0.3, -0.25) is 4.79 Å². The van der Waals surface area contributed by atoms with Crippen molar-refractivity contribution in [1.82, 2.24) is 4.98 Å². The number of amides is 1. The highest BCUT2D eigenvalue weighted by Crippen LogP contribution is 2.36. The van der Waals surface area contributed by atoms with Crippen LogP contribution >= 0.6 is 23.2 Å². The van der Waals surface area contributed by atoms with Gasteiger partial charge in [-0.15, -0.1) is 0 Å². The summed E-state index contributed by atoms with van der Waals surface area (Å²) in [4.78, 5) is 14.8. The Labute approximate surface area is 149 Å². The number of H-pyrrole nitrogens is 1. The quantitative estimate of drug-likeness (QED) is 0.701. The zero-order chi connectivity index (χ0) is 17.3. The van der Waals surface area contributed by atoms with E-state index in [4.69, 9.17) is 33.7 Å². The minimum atomic E-state index is -0.386. The molecule has 1 heterocycles. The van der Waals surface area contributed by atoms with E-state index in [0.29, 0.717) is 10.0 Å². The summed E-state index contributed by atoms with van der Waals surface area (Å²) in [7, 11) is 1.62. The van der Waals surface area contributed by atoms with Gasteiger partial charge in [-0.2, -0.15) is 0 Å². The first kappa shape index (κ1) is 16.7. The van der Waals surface area contributed by atoms with Crippen molar-refractivity contribution in [3.63, 3.8) is 0 Å². The highest BCUT2D eigenvalue weighted by Gasteiger charge is 2.21. The lowest BCUT2D eigenvalue weighted by atomic mass is 9.88. The van der Waals surface area contributed by atoms with Gasteiger partial charge in [0.25, 0.3) is 0 Å². The van der Waals surface area contributed by atoms with Crippen molar-refractivity contribution in [2.75, 3.05) is 7.11 Å². The van der Waals surface area contributed by atoms with Crippen molar-refractivity contribution in [2.45, 2.75) is 12.3 Å². The van der Waals surface area contributed by atoms with E-state index in [1.54, 1.807) is 19.2 Å². The number of nitrogens with two attached hydrogens (primary N) is 1. The van der Waals surface area contributed by atoms with Crippen LogP contribution in [0, 0.1) is 0 Å². The van der Waals surface area contributed by atoms with E-state index in [-0.39, 0.29) is 18.2 Å². The maximum atomic E-state index is 11.6. The van der Waals surface area contributed by atoms with Gasteiger partial charge in [0.1, 0.15) is 5.75 Å². The first-order valence-corrected chi connectivity index (χ1v) is 8.13. The minimum Gasteiger partial charge on any atom is -0.497 e. The molecule has 124 valence electrons. The van der Waals surface area contributed by atoms with Crippen LogP contribution in [0.25, 0.3) is 10.9 Å². The number of aromatic nitrogens is 1. The molecule has 2 aromatic carbocycles. The van der Waals surface area contributed by atoms with E-state index in [1.807, 2.05) is 30.5 Å². The molecular formula is C18H16Cl2N2O2. The molecule has 0 aliphatic rings. The van der Waals surface area contributed by atoms with E-state index in [2.05, 4.69) is 4.98 Å². The van der Waals surface area contributed by atoms with Crippen molar-refractivity contribution in [1.29, 1.82) is 0 Å². The van der Waals surface area contributed by atoms with E-state index in [1.165, 1.54) is 0 Å². The topological polar surface area (TPSA) is 68.1 Å². The SMILES string of the molecule is COc1ccc2[nH]cc(C(CC(N)=O)c3ccc(Cl)c(Cl)c3)c2c1. The average molecular weight is 363 g/mol. The molecule has 6 heteroatoms. The van der Waals surface area contributed by atoms with Gasteiger partial charge in [0.15, 0.2) is 0 Å². The molecule has 1 atom stereocenters. The maximum absolute atomic E-state index is 11.6. The van der Waals surface area contributed by atoms with Crippen molar-refractivity contribution < 1.29 is 9.53 Å². The van der Waals surface area contributed by atoms with Crippen LogP contribution in [0.5, 0.6) is 5.75 Å². The Bertz CT molecular complexity index is 905. The zero-order valence-electron chi connectivity index (χ0n) is 13.0. The summed E-state index contributed by atoms with van der Waals surface area (Å²) < 4.78 is 5.30. The number of primary amides is 1. The summed E-state index contributed by atoms with van der Waals surface area (Å²) in [6.45, 7) is 0. The Kier molecular flexibility index (Phi) is 4.69. The summed E-state index contributed by atoms with van der Waals surface area (Å²) in [6.07, 6.45) is 2.06. The number of aromatic amines is 1. The van der Waals surface area contributed by atoms with Crippen molar-refractivity contribution in [2.24, 2.45) is 5.73 Å². The fourth-order valence-electron chi connectivity index (χ4n) is 2.87. The van der Waals surface area contributed by atoms with Crippen LogP contribution in [0.15, 0.2) is 42.6 Å². The molecule has 24 heavy (non-hydrogen) atoms. The van der Waals surface area contributed by atoms with Gasteiger partial charge in [0.2, 0.25) is 5.91 Å². The summed E-state index contributed by atoms with van der Waals surface area (Å²) in [5, 5.41) is 1.89. The van der Waals surface area contributed by atoms with Crippen LogP contribution in [0.2, 0.25) is 10.0 Å². The predicted octanol–water partition coefficient (Wildman–Crippen LogP) is 4.49. The lowest BCUT2D eigenvalue weighted by Gasteiger charge is -2.16. The van der Waals surface area contributed by atoms with Gasteiger partial charge in [-0.05, 0) is 41.5 Å². The third kappa shape index (κ3) is 3.21. The number of carbonyl (C=O) groups excluding carboxylic acids is 1. The number of benzene rings is 2. The highest BCUT2D eigenvalue weighted by atomic mass is 35.5. The molecular weight excluding hydrogens is 347 g/mol. The number of halogens is 2. The van der Waals surface area contributed by atoms with Crippen LogP contribution in [0.3, 0.4) is 0 Å². The molecule has 0 radical (unpaired) electrons. The molecule has 3 rings (SSSR count). The molecule has 0 aliphatic heterocycles. The van der Waals surface area contributed by atoms with Crippen LogP contribution in [0.4, 0.5) is 0 Å². The molecule has 3 aromatic rings. The van der Waals surface area contributed by atoms with Crippen LogP contribution in [-0.2, 0) is 4.79 Å². The molecule has 0 saturated carbocycles. The van der Waals surface area contributed by atoms with Crippen LogP contribution in [-0.4, -0.2) is 18.0 Å². The Hall–Kier alpha value is -2.17. The molecule has 3 N–H and O–H groups in total. The standard InChI is InChI=1S/C18H16Cl2N2O2/c1-24-11-3-5-17-13(7-11)14(9-22-17)12(8-18(21)23)10-2-4-15(19)16(20)6-10/h2-7,9,12,22H,8H2,1H3,(H2,21,23). The second-order valence-corrected chi connectivity index (χ2v) is 6.37. The Morgan fingerprint density at radius 1 is 1.21 bits per heavy atom. The molecule has 1 unspecified atom stereocenters. The van der Waals surface area contributed by atoms with E-state index >= 15 is 0 Å². The molecule has 0 spiro atoms. The third-order valence-electron chi connectivity index (χ3n) is 4.05. The lowest BCUT2D eigenvalue weighted by molar-refractivity contribution is -0.118. The van der Waals surface area contributed by atoms with E-state index in [0.717, 1.165) is 27.8 Å². The van der Waals surface area contributed by atoms with Crippen molar-refractivity contribution in [3.8, 4) is 5.75 Å². The van der Waals surface area contributed by atoms with Gasteiger partial charge in [0, 0.05) is 29.4 Å². The Morgan fingerprint density at radius 3 is 2.67 bits per heavy atom. The number of rotatable bonds is 5. The fourth-order valence-corrected chi connectivity index (χ4v) is 3.18. The number of carbonyl (C=O) groups is 1. The Morgan fingerprint density at radius 2 is 2.00 bits per heavy atom. The number of hydrogen-bond donors (Lipinski definition) is 2. The van der Waals surface area contributed by atoms with Gasteiger partial charge < -0.3 is 15.5 Å². The van der Waals surface area contributed by atoms with E-state index < -0.39 is 0 Å². The summed E-state index contributed by atoms with van der Waals surface area (Å²) in [5.74, 6) is 0.136. The Balaban J connectivity index is 2.15. The van der Waals surface area contributed by atoms with Gasteiger partial charge in [0.05, 0.1) is 17.2 Å². The van der Waals surface area contributed by atoms with Crippen molar-refractivity contribution >= 4 is 40.0 Å². The molecule has 1 amide bonds. The fraction of sp³-hybridized carbons (Fsp3) is 0.167. The van der Waals surface area contributed by atoms with Gasteiger partial charge in [-0.1, -0.05) is 29.3 Å². The molecule has 1 aromatic heterocycles. The largest absolute Gasteiger partial charge is 0.497 e. The smallest absolute Gasteiger partial charge is 0.218 e. The maximum Gasteiger partial charge on any atom is 0.218 e. The van der Waals surface area contributed by atoms with Crippen LogP contribution in [0.1, 0.15) is 23.5 Å². The summed E-state index contributed by atoms with van der Waals surface area (Å²) >= 11 is 12.2. The number of ether oxygens (including phenoxy) is 1. The molecule has 0 fully saturated rings. The normalized spacial score (nSPS) is 12.3. The highest BCUT2D eigenvalue weighted by molar-refractivity contribution is 6.42. The number of fused-ring (bicyclic) bond motifs is 1. The lowest BCUT2D eigenvalue weighted by Crippen LogP contribution is -2.16. The van der Waals surface area contributed by atoms with Crippen LogP contribution < -0.4 is 10.5 Å². The summed E-state index contributed by atoms with van der Waals surface area (Å²) in [5.41, 5.74) is 8.27. The van der Waals surface area contributed by atoms with Gasteiger partial charge >= 0.3 is 0 Å². The number of nitrogens with one attached hydrogen (secondary N) is 1. The number of methoxy groups -OCH3 is 1. The van der Waals surface area contributed by atoms with Crippen molar-refractivity contribution in [3.05, 3.63) is 63.8 Å². The first-order chi connectivity index (χ1) is 11.5. The second-order valence-electron chi connectivity index (χ2n) is 5.55. The third-order valence-corrected chi connectivity index (χ3v) is 4.79. The first-order valence-electron chi connectivity index (χ1n) is 7.38. The second kappa shape index (κ2) is 6.75. The average Bonchev–Trinajstić information content (AvgIpc) is 2.98. The van der Waals surface area contributed by atoms with Gasteiger partial charge in [-0.25, -0.2) is 0 Å². The number of hydrogen-bond acceptors (Lipinski definition) is 2. The van der Waals surface area contributed by atoms with E-state index in [9.17, 15) is 4.79 Å². The molecule has 4 nitrogen and oxygen atoms in total. The molecule has 0 saturated heterocycles. The molecule has 0 bridgehead atoms. The molecule has 0 aliphatic carbocycles. The predicted molar refractivity (Wildman–Crippen MR) is 97.0 cm³/mol.